The van der Waals surface area contributed by atoms with E-state index < -0.39 is 5.91 Å². The van der Waals surface area contributed by atoms with Gasteiger partial charge in [0.1, 0.15) is 11.5 Å². The number of hydrazone groups is 1. The van der Waals surface area contributed by atoms with Gasteiger partial charge in [0.05, 0.1) is 11.8 Å². The van der Waals surface area contributed by atoms with E-state index in [1.807, 2.05) is 30.3 Å². The summed E-state index contributed by atoms with van der Waals surface area (Å²) < 4.78 is 2.26. The number of hydrogen-bond acceptors (Lipinski definition) is 4. The minimum Gasteiger partial charge on any atom is -0.508 e. The number of para-hydroxylation sites is 1. The van der Waals surface area contributed by atoms with Gasteiger partial charge in [-0.2, -0.15) is 5.10 Å². The van der Waals surface area contributed by atoms with Gasteiger partial charge in [-0.15, -0.1) is 0 Å². The molecule has 0 unspecified atom stereocenters. The van der Waals surface area contributed by atoms with E-state index in [0.29, 0.717) is 0 Å². The zero-order valence-corrected chi connectivity index (χ0v) is 15.3. The molecule has 0 spiro atoms. The minimum atomic E-state index is -0.558. The molecule has 4 aromatic rings. The fourth-order valence-electron chi connectivity index (χ4n) is 3.43. The van der Waals surface area contributed by atoms with E-state index in [4.69, 9.17) is 0 Å². The summed E-state index contributed by atoms with van der Waals surface area (Å²) in [5.74, 6) is -0.976. The molecule has 3 N–H and O–H groups in total. The van der Waals surface area contributed by atoms with Gasteiger partial charge < -0.3 is 14.8 Å². The summed E-state index contributed by atoms with van der Waals surface area (Å²) >= 11 is 0. The van der Waals surface area contributed by atoms with Gasteiger partial charge in [0.2, 0.25) is 0 Å². The number of carbonyl (C=O) groups excluding carboxylic acids is 1. The lowest BCUT2D eigenvalue weighted by molar-refractivity contribution is 0.0952. The maximum atomic E-state index is 12.1. The number of nitrogens with one attached hydrogen (secondary N) is 1. The van der Waals surface area contributed by atoms with E-state index in [9.17, 15) is 15.0 Å². The normalized spacial score (nSPS) is 11.5. The number of rotatable bonds is 4. The quantitative estimate of drug-likeness (QED) is 0.373. The molecule has 6 nitrogen and oxygen atoms in total. The number of phenols is 2. The van der Waals surface area contributed by atoms with Crippen LogP contribution in [0.15, 0.2) is 65.8 Å². The molecule has 6 heteroatoms. The second-order valence-corrected chi connectivity index (χ2v) is 6.44. The van der Waals surface area contributed by atoms with E-state index in [1.54, 1.807) is 6.21 Å². The van der Waals surface area contributed by atoms with Gasteiger partial charge in [0, 0.05) is 34.4 Å². The first-order valence-electron chi connectivity index (χ1n) is 8.95. The lowest BCUT2D eigenvalue weighted by atomic mass is 10.1. The van der Waals surface area contributed by atoms with Crippen molar-refractivity contribution in [1.82, 2.24) is 9.99 Å². The zero-order valence-electron chi connectivity index (χ0n) is 15.3. The Hall–Kier alpha value is -3.80. The number of hydrogen-bond donors (Lipinski definition) is 3. The summed E-state index contributed by atoms with van der Waals surface area (Å²) in [6.07, 6.45) is 1.56. The van der Waals surface area contributed by atoms with Crippen LogP contribution in [0.25, 0.3) is 21.8 Å². The molecular weight excluding hydrogens is 354 g/mol. The molecule has 0 atom stereocenters. The van der Waals surface area contributed by atoms with Gasteiger partial charge in [0.15, 0.2) is 0 Å². The molecule has 140 valence electrons. The van der Waals surface area contributed by atoms with Crippen LogP contribution in [0, 0.1) is 0 Å². The number of amides is 1. The molecule has 1 heterocycles. The van der Waals surface area contributed by atoms with Gasteiger partial charge in [-0.1, -0.05) is 24.3 Å². The molecule has 0 saturated carbocycles. The van der Waals surface area contributed by atoms with Crippen LogP contribution >= 0.6 is 0 Å². The van der Waals surface area contributed by atoms with Crippen molar-refractivity contribution in [3.63, 3.8) is 0 Å². The Morgan fingerprint density at radius 1 is 1.04 bits per heavy atom. The molecule has 0 aliphatic carbocycles. The zero-order chi connectivity index (χ0) is 19.7. The molecular formula is C22H19N3O3. The van der Waals surface area contributed by atoms with Crippen LogP contribution in [0.1, 0.15) is 22.8 Å². The highest BCUT2D eigenvalue weighted by Gasteiger charge is 2.11. The van der Waals surface area contributed by atoms with Crippen LogP contribution in [0.2, 0.25) is 0 Å². The van der Waals surface area contributed by atoms with Crippen LogP contribution in [0.4, 0.5) is 0 Å². The largest absolute Gasteiger partial charge is 0.508 e. The highest BCUT2D eigenvalue weighted by molar-refractivity contribution is 6.09. The number of aromatic hydroxyl groups is 2. The highest BCUT2D eigenvalue weighted by Crippen LogP contribution is 2.29. The van der Waals surface area contributed by atoms with E-state index in [1.165, 1.54) is 23.0 Å². The number of fused-ring (bicyclic) bond motifs is 3. The summed E-state index contributed by atoms with van der Waals surface area (Å²) in [6.45, 7) is 3.00. The Balaban J connectivity index is 1.61. The molecule has 4 rings (SSSR count). The Morgan fingerprint density at radius 3 is 2.61 bits per heavy atom. The smallest absolute Gasteiger partial charge is 0.275 e. The number of benzene rings is 3. The third-order valence-corrected chi connectivity index (χ3v) is 4.72. The lowest BCUT2D eigenvalue weighted by Gasteiger charge is -2.04. The average molecular weight is 373 g/mol. The monoisotopic (exact) mass is 373 g/mol. The molecule has 1 aromatic heterocycles. The molecule has 0 aliphatic rings. The van der Waals surface area contributed by atoms with Crippen molar-refractivity contribution < 1.29 is 15.0 Å². The second-order valence-electron chi connectivity index (χ2n) is 6.44. The summed E-state index contributed by atoms with van der Waals surface area (Å²) in [4.78, 5) is 12.1. The van der Waals surface area contributed by atoms with Crippen molar-refractivity contribution in [2.24, 2.45) is 5.10 Å². The highest BCUT2D eigenvalue weighted by atomic mass is 16.3. The predicted octanol–water partition coefficient (Wildman–Crippen LogP) is 3.99. The van der Waals surface area contributed by atoms with Gasteiger partial charge in [0.25, 0.3) is 5.91 Å². The summed E-state index contributed by atoms with van der Waals surface area (Å²) in [6, 6.07) is 18.1. The molecule has 0 saturated heterocycles. The number of nitrogens with zero attached hydrogens (tertiary/aromatic N) is 2. The lowest BCUT2D eigenvalue weighted by Crippen LogP contribution is -2.17. The minimum absolute atomic E-state index is 0.0384. The maximum Gasteiger partial charge on any atom is 0.275 e. The van der Waals surface area contributed by atoms with Crippen LogP contribution in [-0.2, 0) is 6.54 Å². The first kappa shape index (κ1) is 17.6. The van der Waals surface area contributed by atoms with Gasteiger partial charge in [-0.05, 0) is 42.8 Å². The van der Waals surface area contributed by atoms with Crippen molar-refractivity contribution in [3.8, 4) is 11.5 Å². The van der Waals surface area contributed by atoms with Crippen molar-refractivity contribution in [3.05, 3.63) is 71.8 Å². The number of phenolic OH excluding ortho intramolecular Hbond substituents is 2. The van der Waals surface area contributed by atoms with Crippen LogP contribution in [-0.4, -0.2) is 26.9 Å². The van der Waals surface area contributed by atoms with Crippen LogP contribution in [0.3, 0.4) is 0 Å². The van der Waals surface area contributed by atoms with Crippen molar-refractivity contribution in [1.29, 1.82) is 0 Å². The van der Waals surface area contributed by atoms with Crippen molar-refractivity contribution in [2.45, 2.75) is 13.5 Å². The summed E-state index contributed by atoms with van der Waals surface area (Å²) in [7, 11) is 0. The molecule has 0 fully saturated rings. The van der Waals surface area contributed by atoms with E-state index >= 15 is 0 Å². The third kappa shape index (κ3) is 3.05. The maximum absolute atomic E-state index is 12.1. The fourth-order valence-corrected chi connectivity index (χ4v) is 3.43. The third-order valence-electron chi connectivity index (χ3n) is 4.72. The number of aryl methyl sites for hydroxylation is 1. The molecule has 3 aromatic carbocycles. The Labute approximate surface area is 161 Å². The standard InChI is InChI=1S/C22H19N3O3/c1-2-25-19-6-4-3-5-16(19)18-11-14(7-10-20(18)25)13-23-24-22(28)17-9-8-15(26)12-21(17)27/h3-13,26-27H,2H2,1H3,(H,24,28)/b23-13-. The first-order valence-corrected chi connectivity index (χ1v) is 8.95. The first-order chi connectivity index (χ1) is 13.6. The van der Waals surface area contributed by atoms with Gasteiger partial charge >= 0.3 is 0 Å². The van der Waals surface area contributed by atoms with E-state index in [2.05, 4.69) is 34.2 Å². The molecule has 28 heavy (non-hydrogen) atoms. The summed E-state index contributed by atoms with van der Waals surface area (Å²) in [5.41, 5.74) is 5.62. The molecule has 0 bridgehead atoms. The average Bonchev–Trinajstić information content (AvgIpc) is 3.01. The molecule has 0 aliphatic heterocycles. The molecule has 1 amide bonds. The van der Waals surface area contributed by atoms with Crippen LogP contribution < -0.4 is 5.43 Å². The second kappa shape index (κ2) is 7.08. The Kier molecular flexibility index (Phi) is 4.45. The van der Waals surface area contributed by atoms with Gasteiger partial charge in [-0.3, -0.25) is 4.79 Å². The van der Waals surface area contributed by atoms with Crippen molar-refractivity contribution >= 4 is 33.9 Å². The molecule has 0 radical (unpaired) electrons. The Bertz CT molecular complexity index is 1220. The fraction of sp³-hybridized carbons (Fsp3) is 0.0909. The van der Waals surface area contributed by atoms with Crippen LogP contribution in [0.5, 0.6) is 11.5 Å². The SMILES string of the molecule is CCn1c2ccccc2c2cc(/C=N\NC(=O)c3ccc(O)cc3O)ccc21. The Morgan fingerprint density at radius 2 is 1.82 bits per heavy atom. The van der Waals surface area contributed by atoms with E-state index in [-0.39, 0.29) is 17.1 Å². The topological polar surface area (TPSA) is 86.9 Å². The van der Waals surface area contributed by atoms with Crippen molar-refractivity contribution in [2.75, 3.05) is 0 Å². The van der Waals surface area contributed by atoms with E-state index in [0.717, 1.165) is 29.1 Å². The number of aromatic nitrogens is 1. The van der Waals surface area contributed by atoms with Gasteiger partial charge in [-0.25, -0.2) is 5.43 Å². The summed E-state index contributed by atoms with van der Waals surface area (Å²) in [5, 5.41) is 25.3. The number of carbonyl (C=O) groups is 1. The predicted molar refractivity (Wildman–Crippen MR) is 110 cm³/mol.